The van der Waals surface area contributed by atoms with Crippen molar-refractivity contribution in [3.63, 3.8) is 0 Å². The van der Waals surface area contributed by atoms with Gasteiger partial charge in [-0.1, -0.05) is 34.5 Å². The molecule has 148 valence electrons. The predicted molar refractivity (Wildman–Crippen MR) is 111 cm³/mol. The molecule has 0 unspecified atom stereocenters. The van der Waals surface area contributed by atoms with Crippen molar-refractivity contribution in [1.29, 1.82) is 0 Å². The number of carbonyl (C=O) groups excluding carboxylic acids is 1. The Kier molecular flexibility index (Phi) is 6.50. The number of carbonyl (C=O) groups is 1. The summed E-state index contributed by atoms with van der Waals surface area (Å²) in [5.74, 6) is -1.85. The standard InChI is InChI=1S/C19H17Cl2F2N3OS/c1-25(2)6-3-7-26(18(27)13-8-11(20)4-5-14(13)21)19-24-17-15(23)9-12(22)10-16(17)28-19/h4-5,8-10H,3,6-7H2,1-2H3. The molecule has 1 amide bonds. The molecule has 9 heteroatoms. The first-order valence-electron chi connectivity index (χ1n) is 8.43. The quantitative estimate of drug-likeness (QED) is 0.505. The van der Waals surface area contributed by atoms with Gasteiger partial charge >= 0.3 is 0 Å². The van der Waals surface area contributed by atoms with Gasteiger partial charge in [0.1, 0.15) is 11.3 Å². The molecule has 0 bridgehead atoms. The molecule has 0 aliphatic carbocycles. The number of hydrogen-bond acceptors (Lipinski definition) is 4. The molecule has 0 saturated heterocycles. The molecule has 3 rings (SSSR count). The molecule has 0 aliphatic rings. The molecule has 2 aromatic carbocycles. The number of aromatic nitrogens is 1. The third-order valence-electron chi connectivity index (χ3n) is 4.02. The molecule has 0 aliphatic heterocycles. The van der Waals surface area contributed by atoms with E-state index in [1.54, 1.807) is 12.1 Å². The number of nitrogens with zero attached hydrogens (tertiary/aromatic N) is 3. The van der Waals surface area contributed by atoms with Crippen molar-refractivity contribution in [3.05, 3.63) is 57.6 Å². The minimum absolute atomic E-state index is 0.0315. The van der Waals surface area contributed by atoms with Gasteiger partial charge in [0.15, 0.2) is 10.9 Å². The lowest BCUT2D eigenvalue weighted by Gasteiger charge is -2.21. The fourth-order valence-electron chi connectivity index (χ4n) is 2.70. The van der Waals surface area contributed by atoms with Crippen LogP contribution in [0.5, 0.6) is 0 Å². The molecule has 0 N–H and O–H groups in total. The Labute approximate surface area is 175 Å². The summed E-state index contributed by atoms with van der Waals surface area (Å²) in [5, 5.41) is 0.906. The first-order chi connectivity index (χ1) is 13.3. The third kappa shape index (κ3) is 4.60. The number of benzene rings is 2. The topological polar surface area (TPSA) is 36.4 Å². The maximum atomic E-state index is 14.1. The van der Waals surface area contributed by atoms with Crippen LogP contribution >= 0.6 is 34.5 Å². The molecule has 0 radical (unpaired) electrons. The largest absolute Gasteiger partial charge is 0.309 e. The Hall–Kier alpha value is -1.80. The van der Waals surface area contributed by atoms with Crippen molar-refractivity contribution in [1.82, 2.24) is 9.88 Å². The van der Waals surface area contributed by atoms with Crippen molar-refractivity contribution in [2.24, 2.45) is 0 Å². The van der Waals surface area contributed by atoms with Crippen LogP contribution < -0.4 is 4.90 Å². The van der Waals surface area contributed by atoms with E-state index in [0.29, 0.717) is 22.7 Å². The first-order valence-corrected chi connectivity index (χ1v) is 10.0. The molecule has 1 aromatic heterocycles. The fourth-order valence-corrected chi connectivity index (χ4v) is 4.10. The van der Waals surface area contributed by atoms with E-state index in [4.69, 9.17) is 23.2 Å². The Bertz CT molecular complexity index is 1030. The van der Waals surface area contributed by atoms with Gasteiger partial charge in [-0.3, -0.25) is 9.69 Å². The minimum atomic E-state index is -0.765. The lowest BCUT2D eigenvalue weighted by atomic mass is 10.2. The second-order valence-corrected chi connectivity index (χ2v) is 8.32. The summed E-state index contributed by atoms with van der Waals surface area (Å²) in [6.45, 7) is 1.07. The molecule has 0 saturated carbocycles. The molecule has 0 atom stereocenters. The van der Waals surface area contributed by atoms with Crippen LogP contribution in [0.15, 0.2) is 30.3 Å². The smallest absolute Gasteiger partial charge is 0.261 e. The highest BCUT2D eigenvalue weighted by atomic mass is 35.5. The van der Waals surface area contributed by atoms with E-state index in [2.05, 4.69) is 4.98 Å². The number of amides is 1. The summed E-state index contributed by atoms with van der Waals surface area (Å²) in [4.78, 5) is 20.9. The number of rotatable bonds is 6. The van der Waals surface area contributed by atoms with Crippen molar-refractivity contribution in [3.8, 4) is 0 Å². The second kappa shape index (κ2) is 8.69. The van der Waals surface area contributed by atoms with Gasteiger partial charge in [0.05, 0.1) is 15.3 Å². The maximum absolute atomic E-state index is 14.1. The fraction of sp³-hybridized carbons (Fsp3) is 0.263. The van der Waals surface area contributed by atoms with E-state index in [-0.39, 0.29) is 21.2 Å². The molecule has 4 nitrogen and oxygen atoms in total. The Morgan fingerprint density at radius 1 is 1.14 bits per heavy atom. The summed E-state index contributed by atoms with van der Waals surface area (Å²) >= 11 is 13.3. The van der Waals surface area contributed by atoms with Crippen LogP contribution in [0.4, 0.5) is 13.9 Å². The average Bonchev–Trinajstić information content (AvgIpc) is 3.04. The Morgan fingerprint density at radius 3 is 2.61 bits per heavy atom. The van der Waals surface area contributed by atoms with Crippen molar-refractivity contribution in [2.45, 2.75) is 6.42 Å². The third-order valence-corrected chi connectivity index (χ3v) is 5.61. The van der Waals surface area contributed by atoms with E-state index < -0.39 is 17.5 Å². The molecule has 0 spiro atoms. The number of anilines is 1. The van der Waals surface area contributed by atoms with E-state index >= 15 is 0 Å². The summed E-state index contributed by atoms with van der Waals surface area (Å²) in [6, 6.07) is 6.60. The van der Waals surface area contributed by atoms with Crippen molar-refractivity contribution >= 4 is 55.8 Å². The predicted octanol–water partition coefficient (Wildman–Crippen LogP) is 5.48. The first kappa shape index (κ1) is 20.9. The Morgan fingerprint density at radius 2 is 1.89 bits per heavy atom. The molecule has 1 heterocycles. The minimum Gasteiger partial charge on any atom is -0.309 e. The molecule has 28 heavy (non-hydrogen) atoms. The molecular weight excluding hydrogens is 427 g/mol. The van der Waals surface area contributed by atoms with E-state index in [0.717, 1.165) is 23.9 Å². The van der Waals surface area contributed by atoms with Crippen LogP contribution in [0, 0.1) is 11.6 Å². The van der Waals surface area contributed by atoms with Crippen LogP contribution in [0.3, 0.4) is 0 Å². The molecule has 3 aromatic rings. The van der Waals surface area contributed by atoms with Gasteiger partial charge in [0.25, 0.3) is 5.91 Å². The van der Waals surface area contributed by atoms with Gasteiger partial charge in [-0.15, -0.1) is 0 Å². The normalized spacial score (nSPS) is 11.4. The monoisotopic (exact) mass is 443 g/mol. The van der Waals surface area contributed by atoms with Crippen LogP contribution in [0.2, 0.25) is 10.0 Å². The van der Waals surface area contributed by atoms with E-state index in [1.807, 2.05) is 19.0 Å². The summed E-state index contributed by atoms with van der Waals surface area (Å²) in [5.41, 5.74) is 0.258. The average molecular weight is 444 g/mol. The lowest BCUT2D eigenvalue weighted by Crippen LogP contribution is -2.33. The number of thiazole rings is 1. The van der Waals surface area contributed by atoms with Crippen molar-refractivity contribution < 1.29 is 13.6 Å². The Balaban J connectivity index is 2.02. The van der Waals surface area contributed by atoms with Crippen LogP contribution in [-0.4, -0.2) is 43.0 Å². The van der Waals surface area contributed by atoms with Crippen LogP contribution in [-0.2, 0) is 0 Å². The van der Waals surface area contributed by atoms with Crippen LogP contribution in [0.1, 0.15) is 16.8 Å². The van der Waals surface area contributed by atoms with Gasteiger partial charge in [0.2, 0.25) is 0 Å². The highest BCUT2D eigenvalue weighted by Gasteiger charge is 2.24. The van der Waals surface area contributed by atoms with Gasteiger partial charge in [-0.05, 0) is 51.3 Å². The zero-order valence-electron chi connectivity index (χ0n) is 15.2. The summed E-state index contributed by atoms with van der Waals surface area (Å²) in [6.07, 6.45) is 0.656. The highest BCUT2D eigenvalue weighted by Crippen LogP contribution is 2.33. The molecule has 0 fully saturated rings. The van der Waals surface area contributed by atoms with Gasteiger partial charge in [0, 0.05) is 17.6 Å². The van der Waals surface area contributed by atoms with E-state index in [1.165, 1.54) is 17.0 Å². The van der Waals surface area contributed by atoms with Gasteiger partial charge in [-0.25, -0.2) is 13.8 Å². The van der Waals surface area contributed by atoms with Gasteiger partial charge in [-0.2, -0.15) is 0 Å². The van der Waals surface area contributed by atoms with E-state index in [9.17, 15) is 13.6 Å². The number of hydrogen-bond donors (Lipinski definition) is 0. The van der Waals surface area contributed by atoms with Gasteiger partial charge < -0.3 is 4.90 Å². The summed E-state index contributed by atoms with van der Waals surface area (Å²) < 4.78 is 27.9. The van der Waals surface area contributed by atoms with Crippen LogP contribution in [0.25, 0.3) is 10.2 Å². The second-order valence-electron chi connectivity index (χ2n) is 6.47. The maximum Gasteiger partial charge on any atom is 0.261 e. The summed E-state index contributed by atoms with van der Waals surface area (Å²) in [7, 11) is 3.85. The lowest BCUT2D eigenvalue weighted by molar-refractivity contribution is 0.0986. The zero-order chi connectivity index (χ0) is 20.4. The molecular formula is C19H17Cl2F2N3OS. The van der Waals surface area contributed by atoms with Crippen molar-refractivity contribution in [2.75, 3.05) is 32.1 Å². The number of halogens is 4. The number of fused-ring (bicyclic) bond motifs is 1. The zero-order valence-corrected chi connectivity index (χ0v) is 17.5. The highest BCUT2D eigenvalue weighted by molar-refractivity contribution is 7.22. The SMILES string of the molecule is CN(C)CCCN(C(=O)c1cc(Cl)ccc1Cl)c1nc2c(F)cc(F)cc2s1.